The fourth-order valence-electron chi connectivity index (χ4n) is 3.20. The minimum absolute atomic E-state index is 0.0328. The van der Waals surface area contributed by atoms with E-state index in [1.165, 1.54) is 14.2 Å². The van der Waals surface area contributed by atoms with Gasteiger partial charge in [-0.2, -0.15) is 5.26 Å². The molecule has 1 aliphatic heterocycles. The first-order valence-corrected chi connectivity index (χ1v) is 7.97. The maximum atomic E-state index is 12.6. The average molecular weight is 350 g/mol. The molecule has 0 amide bonds. The summed E-state index contributed by atoms with van der Waals surface area (Å²) in [7, 11) is 2.77. The molecular formula is C20H18N2O4. The number of benzene rings is 2. The van der Waals surface area contributed by atoms with Gasteiger partial charge in [-0.05, 0) is 16.3 Å². The van der Waals surface area contributed by atoms with Crippen molar-refractivity contribution in [2.24, 2.45) is 5.73 Å². The van der Waals surface area contributed by atoms with Crippen LogP contribution in [0.5, 0.6) is 0 Å². The van der Waals surface area contributed by atoms with E-state index in [0.717, 1.165) is 16.3 Å². The third-order valence-electron chi connectivity index (χ3n) is 4.31. The van der Waals surface area contributed by atoms with E-state index in [4.69, 9.17) is 19.9 Å². The van der Waals surface area contributed by atoms with E-state index in [9.17, 15) is 10.1 Å². The molecule has 1 unspecified atom stereocenters. The van der Waals surface area contributed by atoms with Crippen molar-refractivity contribution in [2.45, 2.75) is 5.92 Å². The number of ether oxygens (including phenoxy) is 3. The second-order valence-corrected chi connectivity index (χ2v) is 5.75. The van der Waals surface area contributed by atoms with Crippen molar-refractivity contribution in [2.75, 3.05) is 20.8 Å². The fourth-order valence-corrected chi connectivity index (χ4v) is 3.20. The Bertz CT molecular complexity index is 964. The molecule has 0 bridgehead atoms. The van der Waals surface area contributed by atoms with E-state index in [1.54, 1.807) is 0 Å². The predicted molar refractivity (Wildman–Crippen MR) is 95.5 cm³/mol. The number of rotatable bonds is 4. The second kappa shape index (κ2) is 7.30. The molecule has 6 nitrogen and oxygen atoms in total. The molecule has 0 aliphatic carbocycles. The molecule has 0 aromatic heterocycles. The zero-order valence-electron chi connectivity index (χ0n) is 14.5. The molecule has 3 rings (SSSR count). The maximum Gasteiger partial charge on any atom is 0.338 e. The first-order valence-electron chi connectivity index (χ1n) is 7.97. The van der Waals surface area contributed by atoms with Crippen LogP contribution in [0, 0.1) is 11.3 Å². The van der Waals surface area contributed by atoms with Crippen molar-refractivity contribution in [1.29, 1.82) is 5.26 Å². The van der Waals surface area contributed by atoms with E-state index in [-0.39, 0.29) is 29.4 Å². The number of carbonyl (C=O) groups excluding carboxylic acids is 1. The summed E-state index contributed by atoms with van der Waals surface area (Å²) in [6.07, 6.45) is 0. The summed E-state index contributed by atoms with van der Waals surface area (Å²) >= 11 is 0. The molecule has 0 radical (unpaired) electrons. The molecule has 6 heteroatoms. The molecule has 2 N–H and O–H groups in total. The number of nitrogens with two attached hydrogens (primary N) is 1. The largest absolute Gasteiger partial charge is 0.466 e. The Hall–Kier alpha value is -3.30. The highest BCUT2D eigenvalue weighted by atomic mass is 16.5. The Morgan fingerprint density at radius 1 is 1.23 bits per heavy atom. The van der Waals surface area contributed by atoms with Gasteiger partial charge in [0, 0.05) is 7.11 Å². The first kappa shape index (κ1) is 17.5. The highest BCUT2D eigenvalue weighted by Crippen LogP contribution is 2.42. The number of carbonyl (C=O) groups is 1. The lowest BCUT2D eigenvalue weighted by Gasteiger charge is -2.28. The summed E-state index contributed by atoms with van der Waals surface area (Å²) in [6.45, 7) is 0.0328. The van der Waals surface area contributed by atoms with Crippen LogP contribution in [0.4, 0.5) is 0 Å². The number of esters is 1. The summed E-state index contributed by atoms with van der Waals surface area (Å²) in [5, 5.41) is 11.6. The van der Waals surface area contributed by atoms with Crippen LogP contribution in [0.3, 0.4) is 0 Å². The second-order valence-electron chi connectivity index (χ2n) is 5.75. The van der Waals surface area contributed by atoms with Crippen molar-refractivity contribution in [3.63, 3.8) is 0 Å². The quantitative estimate of drug-likeness (QED) is 0.852. The van der Waals surface area contributed by atoms with Crippen LogP contribution in [-0.4, -0.2) is 26.8 Å². The minimum atomic E-state index is -0.697. The van der Waals surface area contributed by atoms with Crippen LogP contribution in [0.15, 0.2) is 65.3 Å². The molecule has 2 aromatic rings. The van der Waals surface area contributed by atoms with Crippen molar-refractivity contribution in [3.8, 4) is 6.07 Å². The van der Waals surface area contributed by atoms with Gasteiger partial charge in [0.05, 0.1) is 18.6 Å². The standard InChI is InChI=1S/C20H18N2O4/c1-24-11-16-18(20(23)25-2)17(15(10-21)19(22)26-16)14-9-5-7-12-6-3-4-8-13(12)14/h3-9,17H,11,22H2,1-2H3. The Morgan fingerprint density at radius 2 is 1.96 bits per heavy atom. The molecule has 1 heterocycles. The summed E-state index contributed by atoms with van der Waals surface area (Å²) in [5.41, 5.74) is 7.14. The monoisotopic (exact) mass is 350 g/mol. The lowest BCUT2D eigenvalue weighted by molar-refractivity contribution is -0.136. The molecule has 1 atom stereocenters. The fraction of sp³-hybridized carbons (Fsp3) is 0.200. The SMILES string of the molecule is COCC1=C(C(=O)OC)C(c2cccc3ccccc23)C(C#N)=C(N)O1. The number of hydrogen-bond donors (Lipinski definition) is 1. The van der Waals surface area contributed by atoms with Crippen LogP contribution >= 0.6 is 0 Å². The zero-order chi connectivity index (χ0) is 18.7. The molecule has 0 fully saturated rings. The Balaban J connectivity index is 2.32. The number of allylic oxidation sites excluding steroid dienone is 1. The minimum Gasteiger partial charge on any atom is -0.466 e. The lowest BCUT2D eigenvalue weighted by Crippen LogP contribution is -2.27. The van der Waals surface area contributed by atoms with E-state index in [2.05, 4.69) is 6.07 Å². The van der Waals surface area contributed by atoms with Crippen LogP contribution < -0.4 is 5.73 Å². The summed E-state index contributed by atoms with van der Waals surface area (Å²) in [4.78, 5) is 12.6. The number of nitriles is 1. The van der Waals surface area contributed by atoms with Gasteiger partial charge in [-0.1, -0.05) is 42.5 Å². The molecule has 0 saturated carbocycles. The molecule has 132 valence electrons. The highest BCUT2D eigenvalue weighted by molar-refractivity contribution is 5.95. The Labute approximate surface area is 151 Å². The number of fused-ring (bicyclic) bond motifs is 1. The maximum absolute atomic E-state index is 12.6. The predicted octanol–water partition coefficient (Wildman–Crippen LogP) is 2.72. The van der Waals surface area contributed by atoms with Gasteiger partial charge in [0.25, 0.3) is 0 Å². The van der Waals surface area contributed by atoms with Crippen molar-refractivity contribution in [1.82, 2.24) is 0 Å². The van der Waals surface area contributed by atoms with Crippen molar-refractivity contribution in [3.05, 3.63) is 70.8 Å². The van der Waals surface area contributed by atoms with Crippen LogP contribution in [0.2, 0.25) is 0 Å². The summed E-state index contributed by atoms with van der Waals surface area (Å²) in [5.74, 6) is -1.08. The van der Waals surface area contributed by atoms with Gasteiger partial charge in [-0.15, -0.1) is 0 Å². The molecule has 0 spiro atoms. The van der Waals surface area contributed by atoms with Gasteiger partial charge in [0.15, 0.2) is 0 Å². The zero-order valence-corrected chi connectivity index (χ0v) is 14.5. The third-order valence-corrected chi connectivity index (χ3v) is 4.31. The smallest absolute Gasteiger partial charge is 0.338 e. The van der Waals surface area contributed by atoms with Gasteiger partial charge in [-0.25, -0.2) is 4.79 Å². The number of nitrogens with zero attached hydrogens (tertiary/aromatic N) is 1. The Kier molecular flexibility index (Phi) is 4.92. The van der Waals surface area contributed by atoms with Crippen LogP contribution in [0.25, 0.3) is 10.8 Å². The topological polar surface area (TPSA) is 94.6 Å². The average Bonchev–Trinajstić information content (AvgIpc) is 2.66. The Morgan fingerprint density at radius 3 is 2.65 bits per heavy atom. The third kappa shape index (κ3) is 2.89. The van der Waals surface area contributed by atoms with Gasteiger partial charge in [-0.3, -0.25) is 0 Å². The molecular weight excluding hydrogens is 332 g/mol. The van der Waals surface area contributed by atoms with E-state index in [0.29, 0.717) is 0 Å². The van der Waals surface area contributed by atoms with Crippen LogP contribution in [0.1, 0.15) is 11.5 Å². The number of hydrogen-bond acceptors (Lipinski definition) is 6. The van der Waals surface area contributed by atoms with Gasteiger partial charge >= 0.3 is 5.97 Å². The molecule has 2 aromatic carbocycles. The van der Waals surface area contributed by atoms with E-state index in [1.807, 2.05) is 42.5 Å². The lowest BCUT2D eigenvalue weighted by atomic mass is 9.81. The van der Waals surface area contributed by atoms with E-state index >= 15 is 0 Å². The first-order chi connectivity index (χ1) is 12.6. The normalized spacial score (nSPS) is 17.0. The van der Waals surface area contributed by atoms with Gasteiger partial charge in [0.1, 0.15) is 24.0 Å². The van der Waals surface area contributed by atoms with Gasteiger partial charge < -0.3 is 19.9 Å². The summed E-state index contributed by atoms with van der Waals surface area (Å²) in [6, 6.07) is 15.5. The van der Waals surface area contributed by atoms with Gasteiger partial charge in [0.2, 0.25) is 5.88 Å². The van der Waals surface area contributed by atoms with Crippen LogP contribution in [-0.2, 0) is 19.0 Å². The highest BCUT2D eigenvalue weighted by Gasteiger charge is 2.38. The number of methoxy groups -OCH3 is 2. The molecule has 0 saturated heterocycles. The van der Waals surface area contributed by atoms with Crippen molar-refractivity contribution >= 4 is 16.7 Å². The molecule has 26 heavy (non-hydrogen) atoms. The van der Waals surface area contributed by atoms with E-state index < -0.39 is 11.9 Å². The molecule has 1 aliphatic rings. The van der Waals surface area contributed by atoms with Crippen molar-refractivity contribution < 1.29 is 19.0 Å². The summed E-state index contributed by atoms with van der Waals surface area (Å²) < 4.78 is 15.6.